The average Bonchev–Trinajstić information content (AvgIpc) is 3.19. The molecular formula is C23H28N4O2S. The number of aromatic nitrogens is 2. The number of likely N-dealkylation sites (tertiary alicyclic amines) is 1. The van der Waals surface area contributed by atoms with Gasteiger partial charge in [-0.2, -0.15) is 0 Å². The molecule has 1 saturated heterocycles. The summed E-state index contributed by atoms with van der Waals surface area (Å²) in [4.78, 5) is 33.0. The Kier molecular flexibility index (Phi) is 6.59. The van der Waals surface area contributed by atoms with Gasteiger partial charge in [0.1, 0.15) is 11.4 Å². The zero-order valence-corrected chi connectivity index (χ0v) is 18.2. The van der Waals surface area contributed by atoms with Crippen molar-refractivity contribution in [1.29, 1.82) is 0 Å². The van der Waals surface area contributed by atoms with Gasteiger partial charge in [0.2, 0.25) is 5.91 Å². The van der Waals surface area contributed by atoms with Crippen LogP contribution in [0.4, 0.5) is 0 Å². The minimum Gasteiger partial charge on any atom is -0.354 e. The van der Waals surface area contributed by atoms with E-state index in [1.165, 1.54) is 60.1 Å². The Morgan fingerprint density at radius 1 is 1.17 bits per heavy atom. The number of piperidine rings is 1. The van der Waals surface area contributed by atoms with Gasteiger partial charge in [0.25, 0.3) is 5.56 Å². The van der Waals surface area contributed by atoms with Gasteiger partial charge in [0.15, 0.2) is 0 Å². The second kappa shape index (κ2) is 9.53. The molecule has 0 saturated carbocycles. The molecule has 1 fully saturated rings. The normalized spacial score (nSPS) is 14.8. The van der Waals surface area contributed by atoms with Gasteiger partial charge in [-0.05, 0) is 51.4 Å². The van der Waals surface area contributed by atoms with E-state index in [0.717, 1.165) is 24.1 Å². The fourth-order valence-corrected chi connectivity index (χ4v) is 4.86. The number of benzene rings is 1. The van der Waals surface area contributed by atoms with Gasteiger partial charge < -0.3 is 10.2 Å². The van der Waals surface area contributed by atoms with Crippen LogP contribution in [0.25, 0.3) is 21.3 Å². The third-order valence-electron chi connectivity index (χ3n) is 5.66. The lowest BCUT2D eigenvalue weighted by Gasteiger charge is -2.26. The van der Waals surface area contributed by atoms with E-state index in [0.29, 0.717) is 16.8 Å². The van der Waals surface area contributed by atoms with E-state index in [9.17, 15) is 9.59 Å². The number of rotatable bonds is 7. The van der Waals surface area contributed by atoms with Crippen molar-refractivity contribution in [3.63, 3.8) is 0 Å². The minimum atomic E-state index is -0.166. The first-order valence-corrected chi connectivity index (χ1v) is 11.5. The third kappa shape index (κ3) is 4.79. The highest BCUT2D eigenvalue weighted by Crippen LogP contribution is 2.30. The van der Waals surface area contributed by atoms with Crippen molar-refractivity contribution >= 4 is 27.5 Å². The molecule has 0 spiro atoms. The molecule has 1 N–H and O–H groups in total. The lowest BCUT2D eigenvalue weighted by atomic mass is 10.1. The Hall–Kier alpha value is -2.51. The fraction of sp³-hybridized carbons (Fsp3) is 0.435. The van der Waals surface area contributed by atoms with Crippen LogP contribution in [-0.2, 0) is 11.3 Å². The minimum absolute atomic E-state index is 0.00529. The largest absolute Gasteiger partial charge is 0.354 e. The van der Waals surface area contributed by atoms with Crippen molar-refractivity contribution in [2.45, 2.75) is 39.2 Å². The van der Waals surface area contributed by atoms with Crippen LogP contribution in [0, 0.1) is 6.92 Å². The van der Waals surface area contributed by atoms with E-state index >= 15 is 0 Å². The van der Waals surface area contributed by atoms with E-state index in [1.807, 2.05) is 36.6 Å². The molecule has 3 heterocycles. The number of aryl methyl sites for hydroxylation is 1. The number of carbonyl (C=O) groups is 1. The molecule has 0 aliphatic carbocycles. The Morgan fingerprint density at radius 3 is 2.70 bits per heavy atom. The zero-order valence-electron chi connectivity index (χ0n) is 17.4. The molecule has 0 bridgehead atoms. The second-order valence-electron chi connectivity index (χ2n) is 7.98. The molecule has 158 valence electrons. The Labute approximate surface area is 180 Å². The molecule has 3 aromatic rings. The van der Waals surface area contributed by atoms with Crippen molar-refractivity contribution in [2.75, 3.05) is 26.2 Å². The van der Waals surface area contributed by atoms with Gasteiger partial charge in [-0.3, -0.25) is 14.2 Å². The summed E-state index contributed by atoms with van der Waals surface area (Å²) >= 11 is 1.46. The molecule has 30 heavy (non-hydrogen) atoms. The van der Waals surface area contributed by atoms with Crippen molar-refractivity contribution in [3.05, 3.63) is 51.9 Å². The monoisotopic (exact) mass is 424 g/mol. The summed E-state index contributed by atoms with van der Waals surface area (Å²) in [6, 6.07) is 8.10. The van der Waals surface area contributed by atoms with Crippen molar-refractivity contribution in [2.24, 2.45) is 0 Å². The standard InChI is InChI=1S/C23H28N4O2S/c1-17-6-8-18(9-7-17)19-15-30-22-21(19)23(29)27(16-25-22)14-20(28)24-10-5-13-26-11-3-2-4-12-26/h6-9,15-16H,2-5,10-14H2,1H3,(H,24,28). The van der Waals surface area contributed by atoms with Crippen LogP contribution in [0.1, 0.15) is 31.2 Å². The second-order valence-corrected chi connectivity index (χ2v) is 8.84. The summed E-state index contributed by atoms with van der Waals surface area (Å²) in [6.07, 6.45) is 6.29. The maximum Gasteiger partial charge on any atom is 0.263 e. The maximum atomic E-state index is 13.1. The lowest BCUT2D eigenvalue weighted by molar-refractivity contribution is -0.121. The Balaban J connectivity index is 1.41. The Bertz CT molecular complexity index is 1060. The summed E-state index contributed by atoms with van der Waals surface area (Å²) in [5, 5.41) is 5.50. The molecule has 0 radical (unpaired) electrons. The molecule has 1 aromatic carbocycles. The SMILES string of the molecule is Cc1ccc(-c2csc3ncn(CC(=O)NCCCN4CCCCC4)c(=O)c23)cc1. The maximum absolute atomic E-state index is 13.1. The first kappa shape index (κ1) is 20.8. The summed E-state index contributed by atoms with van der Waals surface area (Å²) in [6.45, 7) is 6.01. The summed E-state index contributed by atoms with van der Waals surface area (Å²) in [7, 11) is 0. The third-order valence-corrected chi connectivity index (χ3v) is 6.55. The number of hydrogen-bond donors (Lipinski definition) is 1. The van der Waals surface area contributed by atoms with Gasteiger partial charge in [-0.15, -0.1) is 11.3 Å². The number of hydrogen-bond acceptors (Lipinski definition) is 5. The highest BCUT2D eigenvalue weighted by molar-refractivity contribution is 7.17. The number of amides is 1. The van der Waals surface area contributed by atoms with E-state index in [-0.39, 0.29) is 18.0 Å². The summed E-state index contributed by atoms with van der Waals surface area (Å²) in [5.41, 5.74) is 2.88. The van der Waals surface area contributed by atoms with Crippen LogP contribution in [-0.4, -0.2) is 46.5 Å². The molecule has 2 aromatic heterocycles. The van der Waals surface area contributed by atoms with Crippen LogP contribution in [0.2, 0.25) is 0 Å². The van der Waals surface area contributed by atoms with Crippen LogP contribution < -0.4 is 10.9 Å². The van der Waals surface area contributed by atoms with Gasteiger partial charge >= 0.3 is 0 Å². The predicted molar refractivity (Wildman–Crippen MR) is 122 cm³/mol. The van der Waals surface area contributed by atoms with E-state index < -0.39 is 0 Å². The molecule has 6 nitrogen and oxygen atoms in total. The first-order chi connectivity index (χ1) is 14.6. The molecule has 4 rings (SSSR count). The van der Waals surface area contributed by atoms with Crippen LogP contribution >= 0.6 is 11.3 Å². The number of carbonyl (C=O) groups excluding carboxylic acids is 1. The topological polar surface area (TPSA) is 67.2 Å². The Morgan fingerprint density at radius 2 is 1.93 bits per heavy atom. The van der Waals surface area contributed by atoms with E-state index in [4.69, 9.17) is 0 Å². The number of thiophene rings is 1. The van der Waals surface area contributed by atoms with Crippen LogP contribution in [0.3, 0.4) is 0 Å². The molecule has 0 atom stereocenters. The van der Waals surface area contributed by atoms with Gasteiger partial charge in [-0.25, -0.2) is 4.98 Å². The number of nitrogens with one attached hydrogen (secondary N) is 1. The molecule has 1 aliphatic heterocycles. The predicted octanol–water partition coefficient (Wildman–Crippen LogP) is 3.43. The molecule has 7 heteroatoms. The molecular weight excluding hydrogens is 396 g/mol. The summed E-state index contributed by atoms with van der Waals surface area (Å²) < 4.78 is 1.41. The molecule has 1 amide bonds. The molecule has 1 aliphatic rings. The van der Waals surface area contributed by atoms with Crippen LogP contribution in [0.15, 0.2) is 40.8 Å². The summed E-state index contributed by atoms with van der Waals surface area (Å²) in [5.74, 6) is -0.149. The molecule has 0 unspecified atom stereocenters. The highest BCUT2D eigenvalue weighted by Gasteiger charge is 2.15. The number of fused-ring (bicyclic) bond motifs is 1. The van der Waals surface area contributed by atoms with E-state index in [1.54, 1.807) is 0 Å². The lowest BCUT2D eigenvalue weighted by Crippen LogP contribution is -2.35. The van der Waals surface area contributed by atoms with Gasteiger partial charge in [0.05, 0.1) is 11.7 Å². The first-order valence-electron chi connectivity index (χ1n) is 10.6. The van der Waals surface area contributed by atoms with Crippen molar-refractivity contribution in [1.82, 2.24) is 19.8 Å². The van der Waals surface area contributed by atoms with Crippen LogP contribution in [0.5, 0.6) is 0 Å². The van der Waals surface area contributed by atoms with Gasteiger partial charge in [0, 0.05) is 17.5 Å². The van der Waals surface area contributed by atoms with Gasteiger partial charge in [-0.1, -0.05) is 36.2 Å². The smallest absolute Gasteiger partial charge is 0.263 e. The zero-order chi connectivity index (χ0) is 20.9. The van der Waals surface area contributed by atoms with E-state index in [2.05, 4.69) is 15.2 Å². The fourth-order valence-electron chi connectivity index (χ4n) is 3.95. The van der Waals surface area contributed by atoms with Crippen molar-refractivity contribution < 1.29 is 4.79 Å². The van der Waals surface area contributed by atoms with Crippen molar-refractivity contribution in [3.8, 4) is 11.1 Å². The average molecular weight is 425 g/mol. The highest BCUT2D eigenvalue weighted by atomic mass is 32.1. The number of nitrogens with zero attached hydrogens (tertiary/aromatic N) is 3. The quantitative estimate of drug-likeness (QED) is 0.590.